The number of rotatable bonds is 14. The van der Waals surface area contributed by atoms with Crippen molar-refractivity contribution in [2.24, 2.45) is 11.3 Å². The number of benzene rings is 3. The van der Waals surface area contributed by atoms with Gasteiger partial charge in [0.05, 0.1) is 22.9 Å². The number of aromatic amines is 1. The summed E-state index contributed by atoms with van der Waals surface area (Å²) in [5.41, 5.74) is -1.65. The van der Waals surface area contributed by atoms with E-state index in [0.29, 0.717) is 69.5 Å². The first-order valence-corrected chi connectivity index (χ1v) is 21.5. The van der Waals surface area contributed by atoms with E-state index in [1.807, 2.05) is 36.1 Å². The Balaban J connectivity index is 1.09. The number of aromatic hydroxyl groups is 2. The molecule has 2 fully saturated rings. The lowest BCUT2D eigenvalue weighted by Crippen LogP contribution is -2.58. The molecule has 16 nitrogen and oxygen atoms in total. The second-order valence-electron chi connectivity index (χ2n) is 18.0. The Morgan fingerprint density at radius 3 is 2.56 bits per heavy atom. The molecule has 7 atom stereocenters. The summed E-state index contributed by atoms with van der Waals surface area (Å²) in [7, 11) is 0. The molecule has 1 spiro atoms. The zero-order chi connectivity index (χ0) is 44.4. The van der Waals surface area contributed by atoms with Crippen LogP contribution < -0.4 is 15.5 Å². The number of ether oxygens (including phenoxy) is 1. The first-order valence-electron chi connectivity index (χ1n) is 21.5. The Morgan fingerprint density at radius 1 is 1.00 bits per heavy atom. The molecular weight excluding hydrogens is 815 g/mol. The minimum Gasteiger partial charge on any atom is -0.508 e. The summed E-state index contributed by atoms with van der Waals surface area (Å²) >= 11 is 0. The maximum atomic E-state index is 13.6. The minimum atomic E-state index is -2.41. The number of nitrogens with one attached hydrogen (secondary N) is 2. The van der Waals surface area contributed by atoms with Gasteiger partial charge in [-0.05, 0) is 92.8 Å². The number of amides is 1. The molecule has 0 bridgehead atoms. The van der Waals surface area contributed by atoms with Gasteiger partial charge in [-0.3, -0.25) is 9.59 Å². The average molecular weight is 868 g/mol. The number of carbonyl (C=O) groups is 1. The number of phenols is 2. The van der Waals surface area contributed by atoms with Gasteiger partial charge in [-0.25, -0.2) is 9.78 Å². The number of H-pyrrole nitrogens is 1. The van der Waals surface area contributed by atoms with Crippen molar-refractivity contribution >= 4 is 38.6 Å². The summed E-state index contributed by atoms with van der Waals surface area (Å²) in [5, 5.41) is 80.6. The summed E-state index contributed by atoms with van der Waals surface area (Å²) in [5.74, 6) is 0.760. The van der Waals surface area contributed by atoms with Crippen LogP contribution in [0.4, 0.5) is 0 Å². The van der Waals surface area contributed by atoms with Gasteiger partial charge in [-0.2, -0.15) is 0 Å². The molecule has 1 amide bonds. The number of hydrogen-bond donors (Lipinski definition) is 9. The topological polar surface area (TPSA) is 249 Å². The van der Waals surface area contributed by atoms with Gasteiger partial charge < -0.3 is 59.8 Å². The number of aromatic nitrogens is 2. The van der Waals surface area contributed by atoms with Crippen LogP contribution in [-0.2, 0) is 27.4 Å². The van der Waals surface area contributed by atoms with Gasteiger partial charge >= 0.3 is 0 Å². The maximum Gasteiger partial charge on any atom is 0.226 e. The number of hydrogen-bond acceptors (Lipinski definition) is 13. The van der Waals surface area contributed by atoms with E-state index in [2.05, 4.69) is 10.3 Å². The van der Waals surface area contributed by atoms with Crippen molar-refractivity contribution in [1.82, 2.24) is 14.9 Å². The third-order valence-corrected chi connectivity index (χ3v) is 13.9. The van der Waals surface area contributed by atoms with Crippen molar-refractivity contribution in [2.75, 3.05) is 19.8 Å². The highest BCUT2D eigenvalue weighted by atomic mass is 17.2. The Kier molecular flexibility index (Phi) is 11.1. The second-order valence-corrected chi connectivity index (χ2v) is 18.0. The van der Waals surface area contributed by atoms with Crippen LogP contribution in [0.15, 0.2) is 76.3 Å². The summed E-state index contributed by atoms with van der Waals surface area (Å²) in [4.78, 5) is 42.3. The van der Waals surface area contributed by atoms with Crippen LogP contribution in [0.5, 0.6) is 17.2 Å². The molecule has 1 saturated heterocycles. The molecule has 1 saturated carbocycles. The van der Waals surface area contributed by atoms with E-state index < -0.39 is 60.7 Å². The number of nitrogens with zero attached hydrogens (tertiary/aromatic N) is 1. The first kappa shape index (κ1) is 42.8. The average Bonchev–Trinajstić information content (AvgIpc) is 4.07. The second kappa shape index (κ2) is 16.3. The monoisotopic (exact) mass is 867 g/mol. The quantitative estimate of drug-likeness (QED) is 0.0554. The van der Waals surface area contributed by atoms with E-state index in [1.54, 1.807) is 13.0 Å². The lowest BCUT2D eigenvalue weighted by Gasteiger charge is -2.43. The number of phenolic OH excluding ortho intramolecular Hbond substituents is 2. The van der Waals surface area contributed by atoms with Gasteiger partial charge in [0, 0.05) is 60.4 Å². The van der Waals surface area contributed by atoms with E-state index in [-0.39, 0.29) is 35.2 Å². The molecular formula is C47H53N3O13. The van der Waals surface area contributed by atoms with Crippen LogP contribution in [0.1, 0.15) is 62.3 Å². The van der Waals surface area contributed by atoms with Crippen molar-refractivity contribution < 1.29 is 59.5 Å². The molecule has 16 heteroatoms. The molecule has 1 aliphatic carbocycles. The SMILES string of the molecule is Cc1cc(=O)c2cc3c(c(-n4cc5cc[nH]c5c4)c2o1)O[C@](C)(CC[C@H]1CNC(=O)C12CCCC2)[C@H](OOC[C@@](O)(Cc1ccc(O)c2ccc(O)cc12)[C@@H](O)[C@H](O)[C@H](O)CO)C3. The smallest absolute Gasteiger partial charge is 0.226 e. The molecule has 9 N–H and O–H groups in total. The molecule has 2 aliphatic heterocycles. The molecule has 5 heterocycles. The zero-order valence-electron chi connectivity index (χ0n) is 35.0. The zero-order valence-corrected chi connectivity index (χ0v) is 35.0. The Morgan fingerprint density at radius 2 is 1.79 bits per heavy atom. The van der Waals surface area contributed by atoms with Gasteiger partial charge in [0.25, 0.3) is 0 Å². The molecule has 9 rings (SSSR count). The van der Waals surface area contributed by atoms with Crippen molar-refractivity contribution in [3.05, 3.63) is 94.2 Å². The predicted octanol–water partition coefficient (Wildman–Crippen LogP) is 4.08. The van der Waals surface area contributed by atoms with Crippen molar-refractivity contribution in [3.63, 3.8) is 0 Å². The molecule has 0 radical (unpaired) electrons. The van der Waals surface area contributed by atoms with Gasteiger partial charge in [0.15, 0.2) is 16.8 Å². The summed E-state index contributed by atoms with van der Waals surface area (Å²) < 4.78 is 15.3. The van der Waals surface area contributed by atoms with E-state index in [1.165, 1.54) is 36.4 Å². The van der Waals surface area contributed by atoms with Gasteiger partial charge in [0.2, 0.25) is 5.91 Å². The van der Waals surface area contributed by atoms with E-state index in [0.717, 1.165) is 36.6 Å². The van der Waals surface area contributed by atoms with E-state index in [9.17, 15) is 45.3 Å². The van der Waals surface area contributed by atoms with Crippen molar-refractivity contribution in [2.45, 2.75) is 101 Å². The minimum absolute atomic E-state index is 0.0252. The van der Waals surface area contributed by atoms with Crippen LogP contribution in [0.2, 0.25) is 0 Å². The van der Waals surface area contributed by atoms with Gasteiger partial charge in [-0.15, -0.1) is 0 Å². The molecule has 0 unspecified atom stereocenters. The van der Waals surface area contributed by atoms with Crippen LogP contribution in [0.25, 0.3) is 38.3 Å². The normalized spacial score (nSPS) is 23.2. The van der Waals surface area contributed by atoms with E-state index >= 15 is 0 Å². The number of aliphatic hydroxyl groups is 5. The third-order valence-electron chi connectivity index (χ3n) is 13.9. The molecule has 3 aromatic heterocycles. The molecule has 3 aromatic carbocycles. The fraction of sp³-hybridized carbons (Fsp3) is 0.447. The highest BCUT2D eigenvalue weighted by molar-refractivity contribution is 5.93. The highest BCUT2D eigenvalue weighted by Gasteiger charge is 2.53. The summed E-state index contributed by atoms with van der Waals surface area (Å²) in [6.45, 7) is 2.42. The largest absolute Gasteiger partial charge is 0.508 e. The van der Waals surface area contributed by atoms with Crippen LogP contribution in [-0.4, -0.2) is 107 Å². The summed E-state index contributed by atoms with van der Waals surface area (Å²) in [6, 6.07) is 12.2. The van der Waals surface area contributed by atoms with Gasteiger partial charge in [0.1, 0.15) is 65.2 Å². The molecule has 6 aromatic rings. The number of carbonyl (C=O) groups excluding carboxylic acids is 1. The maximum absolute atomic E-state index is 13.6. The lowest BCUT2D eigenvalue weighted by molar-refractivity contribution is -0.371. The number of aryl methyl sites for hydroxylation is 1. The Labute approximate surface area is 361 Å². The predicted molar refractivity (Wildman–Crippen MR) is 230 cm³/mol. The highest BCUT2D eigenvalue weighted by Crippen LogP contribution is 2.51. The van der Waals surface area contributed by atoms with Crippen LogP contribution >= 0.6 is 0 Å². The van der Waals surface area contributed by atoms with Crippen LogP contribution in [0.3, 0.4) is 0 Å². The summed E-state index contributed by atoms with van der Waals surface area (Å²) in [6.07, 6.45) is 2.96. The number of fused-ring (bicyclic) bond motifs is 4. The molecule has 3 aliphatic rings. The fourth-order valence-electron chi connectivity index (χ4n) is 10.3. The van der Waals surface area contributed by atoms with Gasteiger partial charge in [-0.1, -0.05) is 18.9 Å². The van der Waals surface area contributed by atoms with Crippen molar-refractivity contribution in [3.8, 4) is 22.9 Å². The standard InChI is InChI=1S/C47H53N3O13/c1-25-15-36(54)33-16-28-17-38(63-60-24-47(59,43(57)40(56)37(55)23-51)19-26-5-8-35(53)31-7-6-30(52)18-32(26)31)45(2,13-9-29-20-49-44(58)46(29)11-3-4-12-46)62-41(28)39(42(33)61-25)50-21-27-10-14-48-34(27)22-50/h5-8,10,14-16,18,21-22,29,37-38,40,43,48,51-53,55-57,59H,3-4,9,11-13,17,19-20,23-24H2,1-2H3,(H,49,58)/t29-,37+,38+,40+,43-,45+,47-/m0/s1. The molecule has 63 heavy (non-hydrogen) atoms. The van der Waals surface area contributed by atoms with Crippen molar-refractivity contribution in [1.29, 1.82) is 0 Å². The van der Waals surface area contributed by atoms with Crippen LogP contribution in [0, 0.1) is 18.3 Å². The first-order chi connectivity index (χ1) is 30.1. The fourth-order valence-corrected chi connectivity index (χ4v) is 10.3. The Hall–Kier alpha value is -5.46. The Bertz CT molecular complexity index is 2730. The lowest BCUT2D eigenvalue weighted by atomic mass is 9.72. The molecule has 334 valence electrons. The number of aliphatic hydroxyl groups excluding tert-OH is 4. The third kappa shape index (κ3) is 7.52. The van der Waals surface area contributed by atoms with E-state index in [4.69, 9.17) is 18.9 Å².